The summed E-state index contributed by atoms with van der Waals surface area (Å²) in [5, 5.41) is 2.91. The molecule has 0 spiro atoms. The molecule has 0 aliphatic carbocycles. The molecule has 5 heteroatoms. The number of halogens is 2. The van der Waals surface area contributed by atoms with Crippen LogP contribution in [0.3, 0.4) is 0 Å². The topological polar surface area (TPSA) is 38.3 Å². The smallest absolute Gasteiger partial charge is 0.259 e. The molecule has 0 fully saturated rings. The van der Waals surface area contributed by atoms with Crippen molar-refractivity contribution in [2.24, 2.45) is 5.92 Å². The largest absolute Gasteiger partial charge is 0.493 e. The lowest BCUT2D eigenvalue weighted by Gasteiger charge is -2.13. The summed E-state index contributed by atoms with van der Waals surface area (Å²) in [6.07, 6.45) is 0.953. The van der Waals surface area contributed by atoms with Crippen LogP contribution in [0.25, 0.3) is 0 Å². The standard InChI is InChI=1S/C18H19BrINO2/c1-12(2)9-10-23-17-8-3-13(19)11-16(17)18(22)21-15-6-4-14(20)5-7-15/h3-8,11-12H,9-10H2,1-2H3,(H,21,22). The predicted molar refractivity (Wildman–Crippen MR) is 106 cm³/mol. The molecule has 0 saturated heterocycles. The molecular formula is C18H19BrINO2. The maximum atomic E-state index is 12.6. The fraction of sp³-hybridized carbons (Fsp3) is 0.278. The van der Waals surface area contributed by atoms with Gasteiger partial charge in [0.05, 0.1) is 12.2 Å². The minimum absolute atomic E-state index is 0.174. The number of anilines is 1. The van der Waals surface area contributed by atoms with Crippen LogP contribution in [0, 0.1) is 9.49 Å². The molecule has 0 heterocycles. The third kappa shape index (κ3) is 5.80. The van der Waals surface area contributed by atoms with Crippen molar-refractivity contribution < 1.29 is 9.53 Å². The molecule has 1 N–H and O–H groups in total. The Kier molecular flexibility index (Phi) is 6.89. The van der Waals surface area contributed by atoms with Gasteiger partial charge >= 0.3 is 0 Å². The van der Waals surface area contributed by atoms with Crippen LogP contribution in [0.1, 0.15) is 30.6 Å². The normalized spacial score (nSPS) is 10.7. The average molecular weight is 488 g/mol. The predicted octanol–water partition coefficient (Wildman–Crippen LogP) is 5.73. The molecule has 2 rings (SSSR count). The van der Waals surface area contributed by atoms with Gasteiger partial charge in [-0.1, -0.05) is 29.8 Å². The highest BCUT2D eigenvalue weighted by Crippen LogP contribution is 2.25. The van der Waals surface area contributed by atoms with E-state index in [4.69, 9.17) is 4.74 Å². The Hall–Kier alpha value is -1.08. The minimum atomic E-state index is -0.174. The number of benzene rings is 2. The zero-order valence-corrected chi connectivity index (χ0v) is 16.8. The summed E-state index contributed by atoms with van der Waals surface area (Å²) in [5.74, 6) is 0.999. The lowest BCUT2D eigenvalue weighted by Crippen LogP contribution is -2.14. The van der Waals surface area contributed by atoms with Crippen LogP contribution in [-0.2, 0) is 0 Å². The summed E-state index contributed by atoms with van der Waals surface area (Å²) in [6.45, 7) is 4.90. The molecule has 0 bridgehead atoms. The third-order valence-electron chi connectivity index (χ3n) is 3.24. The number of nitrogens with one attached hydrogen (secondary N) is 1. The SMILES string of the molecule is CC(C)CCOc1ccc(Br)cc1C(=O)Nc1ccc(I)cc1. The van der Waals surface area contributed by atoms with E-state index < -0.39 is 0 Å². The van der Waals surface area contributed by atoms with Crippen LogP contribution < -0.4 is 10.1 Å². The molecule has 3 nitrogen and oxygen atoms in total. The van der Waals surface area contributed by atoms with Crippen molar-refractivity contribution in [1.82, 2.24) is 0 Å². The Bertz CT molecular complexity index is 671. The molecule has 0 unspecified atom stereocenters. The van der Waals surface area contributed by atoms with Crippen LogP contribution in [0.4, 0.5) is 5.69 Å². The fourth-order valence-corrected chi connectivity index (χ4v) is 2.66. The Labute approximate surface area is 159 Å². The van der Waals surface area contributed by atoms with Crippen molar-refractivity contribution in [2.45, 2.75) is 20.3 Å². The zero-order chi connectivity index (χ0) is 16.8. The number of ether oxygens (including phenoxy) is 1. The minimum Gasteiger partial charge on any atom is -0.493 e. The van der Waals surface area contributed by atoms with Crippen molar-refractivity contribution in [3.05, 3.63) is 56.1 Å². The van der Waals surface area contributed by atoms with Gasteiger partial charge in [0, 0.05) is 13.7 Å². The molecule has 2 aromatic rings. The summed E-state index contributed by atoms with van der Waals surface area (Å²) in [6, 6.07) is 13.2. The van der Waals surface area contributed by atoms with Crippen LogP contribution >= 0.6 is 38.5 Å². The Morgan fingerprint density at radius 2 is 1.91 bits per heavy atom. The first-order valence-electron chi connectivity index (χ1n) is 7.45. The van der Waals surface area contributed by atoms with Crippen molar-refractivity contribution in [3.63, 3.8) is 0 Å². The number of rotatable bonds is 6. The second-order valence-electron chi connectivity index (χ2n) is 5.63. The van der Waals surface area contributed by atoms with Gasteiger partial charge in [0.2, 0.25) is 0 Å². The van der Waals surface area contributed by atoms with E-state index in [-0.39, 0.29) is 5.91 Å². The number of amides is 1. The monoisotopic (exact) mass is 487 g/mol. The van der Waals surface area contributed by atoms with E-state index in [2.05, 4.69) is 57.7 Å². The van der Waals surface area contributed by atoms with Crippen LogP contribution in [-0.4, -0.2) is 12.5 Å². The van der Waals surface area contributed by atoms with Crippen molar-refractivity contribution in [3.8, 4) is 5.75 Å². The van der Waals surface area contributed by atoms with E-state index in [9.17, 15) is 4.79 Å². The zero-order valence-electron chi connectivity index (χ0n) is 13.1. The molecule has 122 valence electrons. The summed E-state index contributed by atoms with van der Waals surface area (Å²) in [7, 11) is 0. The third-order valence-corrected chi connectivity index (χ3v) is 4.45. The lowest BCUT2D eigenvalue weighted by molar-refractivity contribution is 0.102. The Morgan fingerprint density at radius 1 is 1.22 bits per heavy atom. The van der Waals surface area contributed by atoms with Crippen LogP contribution in [0.2, 0.25) is 0 Å². The molecule has 0 aromatic heterocycles. The molecule has 0 saturated carbocycles. The Morgan fingerprint density at radius 3 is 2.57 bits per heavy atom. The second-order valence-corrected chi connectivity index (χ2v) is 7.79. The fourth-order valence-electron chi connectivity index (χ4n) is 1.94. The highest BCUT2D eigenvalue weighted by atomic mass is 127. The summed E-state index contributed by atoms with van der Waals surface area (Å²) < 4.78 is 7.77. The van der Waals surface area contributed by atoms with E-state index in [0.29, 0.717) is 23.8 Å². The van der Waals surface area contributed by atoms with Gasteiger partial charge in [-0.2, -0.15) is 0 Å². The molecule has 1 amide bonds. The first-order valence-corrected chi connectivity index (χ1v) is 9.32. The van der Waals surface area contributed by atoms with Crippen LogP contribution in [0.5, 0.6) is 5.75 Å². The van der Waals surface area contributed by atoms with Gasteiger partial charge < -0.3 is 10.1 Å². The van der Waals surface area contributed by atoms with Crippen molar-refractivity contribution in [2.75, 3.05) is 11.9 Å². The quantitative estimate of drug-likeness (QED) is 0.528. The van der Waals surface area contributed by atoms with Crippen molar-refractivity contribution in [1.29, 1.82) is 0 Å². The van der Waals surface area contributed by atoms with Gasteiger partial charge in [-0.15, -0.1) is 0 Å². The highest BCUT2D eigenvalue weighted by Gasteiger charge is 2.14. The number of carbonyl (C=O) groups excluding carboxylic acids is 1. The van der Waals surface area contributed by atoms with Crippen LogP contribution in [0.15, 0.2) is 46.9 Å². The van der Waals surface area contributed by atoms with Gasteiger partial charge in [-0.25, -0.2) is 0 Å². The maximum absolute atomic E-state index is 12.6. The number of hydrogen-bond donors (Lipinski definition) is 1. The van der Waals surface area contributed by atoms with Gasteiger partial charge in [-0.05, 0) is 77.4 Å². The van der Waals surface area contributed by atoms with E-state index in [1.54, 1.807) is 6.07 Å². The van der Waals surface area contributed by atoms with E-state index in [1.165, 1.54) is 0 Å². The first-order chi connectivity index (χ1) is 11.0. The number of carbonyl (C=O) groups is 1. The highest BCUT2D eigenvalue weighted by molar-refractivity contribution is 14.1. The van der Waals surface area contributed by atoms with E-state index in [0.717, 1.165) is 20.2 Å². The van der Waals surface area contributed by atoms with Gasteiger partial charge in [-0.3, -0.25) is 4.79 Å². The molecule has 0 aliphatic heterocycles. The van der Waals surface area contributed by atoms with Gasteiger partial charge in [0.15, 0.2) is 0 Å². The molecule has 23 heavy (non-hydrogen) atoms. The van der Waals surface area contributed by atoms with Gasteiger partial charge in [0.25, 0.3) is 5.91 Å². The number of hydrogen-bond acceptors (Lipinski definition) is 2. The first kappa shape index (κ1) is 18.3. The van der Waals surface area contributed by atoms with E-state index >= 15 is 0 Å². The molecule has 0 aliphatic rings. The molecular weight excluding hydrogens is 469 g/mol. The summed E-state index contributed by atoms with van der Waals surface area (Å²) in [5.41, 5.74) is 1.30. The summed E-state index contributed by atoms with van der Waals surface area (Å²) in [4.78, 5) is 12.6. The second kappa shape index (κ2) is 8.68. The maximum Gasteiger partial charge on any atom is 0.259 e. The lowest BCUT2D eigenvalue weighted by atomic mass is 10.1. The summed E-state index contributed by atoms with van der Waals surface area (Å²) >= 11 is 5.65. The average Bonchev–Trinajstić information content (AvgIpc) is 2.50. The Balaban J connectivity index is 2.14. The van der Waals surface area contributed by atoms with Crippen molar-refractivity contribution >= 4 is 50.1 Å². The van der Waals surface area contributed by atoms with E-state index in [1.807, 2.05) is 36.4 Å². The molecule has 0 radical (unpaired) electrons. The molecule has 2 aromatic carbocycles. The molecule has 0 atom stereocenters. The van der Waals surface area contributed by atoms with Gasteiger partial charge in [0.1, 0.15) is 5.75 Å².